The summed E-state index contributed by atoms with van der Waals surface area (Å²) in [6.07, 6.45) is -1.13. The van der Waals surface area contributed by atoms with Crippen molar-refractivity contribution in [2.24, 2.45) is 0 Å². The maximum Gasteiger partial charge on any atom is 0.331 e. The van der Waals surface area contributed by atoms with Crippen LogP contribution in [0.5, 0.6) is 0 Å². The van der Waals surface area contributed by atoms with Gasteiger partial charge in [0.2, 0.25) is 5.91 Å². The molecule has 0 fully saturated rings. The van der Waals surface area contributed by atoms with Crippen LogP contribution in [0.1, 0.15) is 25.5 Å². The van der Waals surface area contributed by atoms with E-state index in [9.17, 15) is 14.7 Å². The molecule has 1 aromatic rings. The smallest absolute Gasteiger partial charge is 0.331 e. The number of nitrogens with one attached hydrogen (secondary N) is 1. The molecule has 0 bridgehead atoms. The molecule has 2 N–H and O–H groups in total. The Morgan fingerprint density at radius 1 is 1.33 bits per heavy atom. The molecule has 2 unspecified atom stereocenters. The van der Waals surface area contributed by atoms with Gasteiger partial charge in [0.25, 0.3) is 0 Å². The van der Waals surface area contributed by atoms with Gasteiger partial charge < -0.3 is 15.2 Å². The number of esters is 1. The number of aliphatic hydroxyl groups is 1. The summed E-state index contributed by atoms with van der Waals surface area (Å²) in [5.74, 6) is -1.05. The van der Waals surface area contributed by atoms with Crippen molar-refractivity contribution in [3.63, 3.8) is 0 Å². The summed E-state index contributed by atoms with van der Waals surface area (Å²) in [5, 5.41) is 12.5. The van der Waals surface area contributed by atoms with E-state index in [4.69, 9.17) is 4.74 Å². The first-order valence-corrected chi connectivity index (χ1v) is 5.73. The van der Waals surface area contributed by atoms with Crippen molar-refractivity contribution in [2.75, 3.05) is 6.61 Å². The van der Waals surface area contributed by atoms with Gasteiger partial charge in [-0.25, -0.2) is 4.79 Å². The first kappa shape index (κ1) is 14.2. The molecule has 0 aliphatic carbocycles. The highest BCUT2D eigenvalue weighted by atomic mass is 16.5. The average molecular weight is 251 g/mol. The fourth-order valence-corrected chi connectivity index (χ4v) is 1.56. The van der Waals surface area contributed by atoms with Crippen LogP contribution in [0.4, 0.5) is 0 Å². The van der Waals surface area contributed by atoms with Crippen LogP contribution in [0.2, 0.25) is 0 Å². The number of carbonyl (C=O) groups is 2. The SMILES string of the molecule is CCOC(=O)C(NC(C)=O)C(O)c1ccccc1. The van der Waals surface area contributed by atoms with Gasteiger partial charge in [-0.05, 0) is 12.5 Å². The highest BCUT2D eigenvalue weighted by molar-refractivity contribution is 5.83. The van der Waals surface area contributed by atoms with Gasteiger partial charge in [0.05, 0.1) is 6.61 Å². The van der Waals surface area contributed by atoms with E-state index >= 15 is 0 Å². The zero-order valence-electron chi connectivity index (χ0n) is 10.4. The zero-order chi connectivity index (χ0) is 13.5. The quantitative estimate of drug-likeness (QED) is 0.759. The predicted octanol–water partition coefficient (Wildman–Crippen LogP) is 0.788. The average Bonchev–Trinajstić information content (AvgIpc) is 2.36. The maximum absolute atomic E-state index is 11.7. The molecular formula is C13H17NO4. The number of benzene rings is 1. The summed E-state index contributed by atoms with van der Waals surface area (Å²) in [6, 6.07) is 7.55. The monoisotopic (exact) mass is 251 g/mol. The Bertz CT molecular complexity index is 405. The summed E-state index contributed by atoms with van der Waals surface area (Å²) >= 11 is 0. The van der Waals surface area contributed by atoms with E-state index in [0.717, 1.165) is 0 Å². The van der Waals surface area contributed by atoms with E-state index in [0.29, 0.717) is 5.56 Å². The summed E-state index contributed by atoms with van der Waals surface area (Å²) in [5.41, 5.74) is 0.546. The molecular weight excluding hydrogens is 234 g/mol. The Labute approximate surface area is 106 Å². The van der Waals surface area contributed by atoms with Crippen LogP contribution in [0.25, 0.3) is 0 Å². The topological polar surface area (TPSA) is 75.6 Å². The third-order valence-corrected chi connectivity index (χ3v) is 2.36. The molecule has 0 aromatic heterocycles. The van der Waals surface area contributed by atoms with Crippen molar-refractivity contribution in [2.45, 2.75) is 26.0 Å². The minimum Gasteiger partial charge on any atom is -0.464 e. The van der Waals surface area contributed by atoms with Crippen LogP contribution < -0.4 is 5.32 Å². The van der Waals surface area contributed by atoms with Crippen molar-refractivity contribution < 1.29 is 19.4 Å². The molecule has 0 heterocycles. The molecule has 0 saturated heterocycles. The normalized spacial score (nSPS) is 13.5. The number of rotatable bonds is 5. The van der Waals surface area contributed by atoms with Crippen LogP contribution >= 0.6 is 0 Å². The van der Waals surface area contributed by atoms with E-state index in [-0.39, 0.29) is 6.61 Å². The number of aliphatic hydroxyl groups excluding tert-OH is 1. The fourth-order valence-electron chi connectivity index (χ4n) is 1.56. The van der Waals surface area contributed by atoms with Crippen LogP contribution in [0.3, 0.4) is 0 Å². The van der Waals surface area contributed by atoms with E-state index in [2.05, 4.69) is 5.32 Å². The molecule has 5 heteroatoms. The molecule has 5 nitrogen and oxygen atoms in total. The van der Waals surface area contributed by atoms with E-state index in [1.165, 1.54) is 6.92 Å². The van der Waals surface area contributed by atoms with Crippen molar-refractivity contribution in [3.8, 4) is 0 Å². The van der Waals surface area contributed by atoms with Gasteiger partial charge in [0.15, 0.2) is 6.04 Å². The molecule has 2 atom stereocenters. The Morgan fingerprint density at radius 2 is 1.94 bits per heavy atom. The van der Waals surface area contributed by atoms with Crippen molar-refractivity contribution in [3.05, 3.63) is 35.9 Å². The van der Waals surface area contributed by atoms with E-state index < -0.39 is 24.0 Å². The molecule has 0 aliphatic heterocycles. The molecule has 0 saturated carbocycles. The first-order chi connectivity index (χ1) is 8.56. The number of ether oxygens (including phenoxy) is 1. The highest BCUT2D eigenvalue weighted by Crippen LogP contribution is 2.17. The fraction of sp³-hybridized carbons (Fsp3) is 0.385. The van der Waals surface area contributed by atoms with Gasteiger partial charge >= 0.3 is 5.97 Å². The second-order valence-corrected chi connectivity index (χ2v) is 3.79. The van der Waals surface area contributed by atoms with Gasteiger partial charge in [-0.2, -0.15) is 0 Å². The van der Waals surface area contributed by atoms with Crippen LogP contribution in [-0.2, 0) is 14.3 Å². The highest BCUT2D eigenvalue weighted by Gasteiger charge is 2.29. The molecule has 98 valence electrons. The van der Waals surface area contributed by atoms with Gasteiger partial charge in [-0.3, -0.25) is 4.79 Å². The van der Waals surface area contributed by atoms with Crippen LogP contribution in [0, 0.1) is 0 Å². The van der Waals surface area contributed by atoms with Gasteiger partial charge in [-0.1, -0.05) is 30.3 Å². The van der Waals surface area contributed by atoms with Gasteiger partial charge in [0.1, 0.15) is 6.10 Å². The number of hydrogen-bond donors (Lipinski definition) is 2. The largest absolute Gasteiger partial charge is 0.464 e. The molecule has 0 aliphatic rings. The lowest BCUT2D eigenvalue weighted by molar-refractivity contribution is -0.150. The van der Waals surface area contributed by atoms with Crippen molar-refractivity contribution in [1.29, 1.82) is 0 Å². The van der Waals surface area contributed by atoms with E-state index in [1.807, 2.05) is 0 Å². The molecule has 18 heavy (non-hydrogen) atoms. The minimum atomic E-state index is -1.13. The Morgan fingerprint density at radius 3 is 2.44 bits per heavy atom. The summed E-state index contributed by atoms with van der Waals surface area (Å²) in [4.78, 5) is 22.8. The maximum atomic E-state index is 11.7. The standard InChI is InChI=1S/C13H17NO4/c1-3-18-13(17)11(14-9(2)15)12(16)10-7-5-4-6-8-10/h4-8,11-12,16H,3H2,1-2H3,(H,14,15). The second-order valence-electron chi connectivity index (χ2n) is 3.79. The van der Waals surface area contributed by atoms with Crippen LogP contribution in [-0.4, -0.2) is 29.6 Å². The Hall–Kier alpha value is -1.88. The second kappa shape index (κ2) is 6.76. The van der Waals surface area contributed by atoms with Crippen LogP contribution in [0.15, 0.2) is 30.3 Å². The minimum absolute atomic E-state index is 0.191. The molecule has 1 rings (SSSR count). The Kier molecular flexibility index (Phi) is 5.32. The summed E-state index contributed by atoms with van der Waals surface area (Å²) in [6.45, 7) is 3.14. The zero-order valence-corrected chi connectivity index (χ0v) is 10.4. The lowest BCUT2D eigenvalue weighted by atomic mass is 10.0. The summed E-state index contributed by atoms with van der Waals surface area (Å²) in [7, 11) is 0. The molecule has 0 spiro atoms. The van der Waals surface area contributed by atoms with Crippen molar-refractivity contribution >= 4 is 11.9 Å². The molecule has 0 radical (unpaired) electrons. The van der Waals surface area contributed by atoms with Gasteiger partial charge in [-0.15, -0.1) is 0 Å². The lowest BCUT2D eigenvalue weighted by Crippen LogP contribution is -2.45. The Balaban J connectivity index is 2.88. The predicted molar refractivity (Wildman–Crippen MR) is 65.6 cm³/mol. The molecule has 1 amide bonds. The number of hydrogen-bond acceptors (Lipinski definition) is 4. The van der Waals surface area contributed by atoms with E-state index in [1.54, 1.807) is 37.3 Å². The molecule has 1 aromatic carbocycles. The summed E-state index contributed by atoms with van der Waals surface area (Å²) < 4.78 is 4.83. The number of carbonyl (C=O) groups excluding carboxylic acids is 2. The first-order valence-electron chi connectivity index (χ1n) is 5.73. The van der Waals surface area contributed by atoms with Crippen molar-refractivity contribution in [1.82, 2.24) is 5.32 Å². The third kappa shape index (κ3) is 3.85. The number of amides is 1. The lowest BCUT2D eigenvalue weighted by Gasteiger charge is -2.22. The van der Waals surface area contributed by atoms with Gasteiger partial charge in [0, 0.05) is 6.92 Å². The third-order valence-electron chi connectivity index (χ3n) is 2.36.